The Hall–Kier alpha value is -2.46. The van der Waals surface area contributed by atoms with Gasteiger partial charge in [-0.2, -0.15) is 13.2 Å². The lowest BCUT2D eigenvalue weighted by Crippen LogP contribution is -2.37. The molecule has 0 aromatic heterocycles. The van der Waals surface area contributed by atoms with E-state index in [1.165, 1.54) is 18.2 Å². The van der Waals surface area contributed by atoms with Crippen molar-refractivity contribution < 1.29 is 31.1 Å². The van der Waals surface area contributed by atoms with Gasteiger partial charge in [0.25, 0.3) is 0 Å². The first-order chi connectivity index (χ1) is 13.4. The van der Waals surface area contributed by atoms with Crippen LogP contribution in [0.2, 0.25) is 5.02 Å². The van der Waals surface area contributed by atoms with Crippen molar-refractivity contribution in [1.82, 2.24) is 0 Å². The second-order valence-corrected chi connectivity index (χ2v) is 8.25. The zero-order valence-electron chi connectivity index (χ0n) is 15.5. The molecule has 0 unspecified atom stereocenters. The van der Waals surface area contributed by atoms with Crippen molar-refractivity contribution in [2.24, 2.45) is 0 Å². The van der Waals surface area contributed by atoms with Gasteiger partial charge < -0.3 is 10.1 Å². The topological polar surface area (TPSA) is 75.7 Å². The van der Waals surface area contributed by atoms with Gasteiger partial charge in [-0.3, -0.25) is 9.10 Å². The first kappa shape index (κ1) is 22.8. The number of amides is 1. The molecule has 2 aromatic carbocycles. The second-order valence-electron chi connectivity index (χ2n) is 5.94. The normalized spacial score (nSPS) is 11.8. The highest BCUT2D eigenvalue weighted by Crippen LogP contribution is 2.36. The van der Waals surface area contributed by atoms with Crippen molar-refractivity contribution in [2.45, 2.75) is 13.1 Å². The van der Waals surface area contributed by atoms with E-state index in [9.17, 15) is 26.4 Å². The van der Waals surface area contributed by atoms with Gasteiger partial charge in [0.15, 0.2) is 0 Å². The predicted octanol–water partition coefficient (Wildman–Crippen LogP) is 4.16. The number of rotatable bonds is 7. The summed E-state index contributed by atoms with van der Waals surface area (Å²) in [6.45, 7) is 1.59. The van der Waals surface area contributed by atoms with Gasteiger partial charge in [0, 0.05) is 5.69 Å². The van der Waals surface area contributed by atoms with Crippen LogP contribution in [0.1, 0.15) is 12.5 Å². The number of sulfonamides is 1. The number of halogens is 4. The van der Waals surface area contributed by atoms with Gasteiger partial charge in [0.1, 0.15) is 12.3 Å². The Kier molecular flexibility index (Phi) is 7.02. The molecule has 0 aliphatic rings. The van der Waals surface area contributed by atoms with Gasteiger partial charge in [-0.05, 0) is 49.4 Å². The third-order valence-corrected chi connectivity index (χ3v) is 5.15. The quantitative estimate of drug-likeness (QED) is 0.687. The lowest BCUT2D eigenvalue weighted by Gasteiger charge is -2.22. The van der Waals surface area contributed by atoms with Crippen molar-refractivity contribution in [3.63, 3.8) is 0 Å². The third-order valence-electron chi connectivity index (χ3n) is 3.68. The van der Waals surface area contributed by atoms with Crippen LogP contribution in [-0.2, 0) is 21.0 Å². The Balaban J connectivity index is 2.21. The number of hydrogen-bond donors (Lipinski definition) is 1. The molecule has 11 heteroatoms. The van der Waals surface area contributed by atoms with Crippen molar-refractivity contribution >= 4 is 38.9 Å². The van der Waals surface area contributed by atoms with E-state index >= 15 is 0 Å². The maximum absolute atomic E-state index is 12.9. The fourth-order valence-corrected chi connectivity index (χ4v) is 3.51. The molecule has 0 aliphatic heterocycles. The molecule has 29 heavy (non-hydrogen) atoms. The fourth-order valence-electron chi connectivity index (χ4n) is 2.43. The molecule has 0 radical (unpaired) electrons. The van der Waals surface area contributed by atoms with Crippen LogP contribution in [0.15, 0.2) is 42.5 Å². The molecule has 0 aliphatic carbocycles. The average Bonchev–Trinajstić information content (AvgIpc) is 2.60. The van der Waals surface area contributed by atoms with Crippen LogP contribution in [0.5, 0.6) is 5.75 Å². The van der Waals surface area contributed by atoms with E-state index in [0.717, 1.165) is 16.6 Å². The van der Waals surface area contributed by atoms with E-state index in [0.29, 0.717) is 18.4 Å². The van der Waals surface area contributed by atoms with E-state index in [1.807, 2.05) is 0 Å². The monoisotopic (exact) mass is 450 g/mol. The van der Waals surface area contributed by atoms with Crippen LogP contribution in [0.4, 0.5) is 24.5 Å². The summed E-state index contributed by atoms with van der Waals surface area (Å²) in [5.41, 5.74) is -1.06. The third kappa shape index (κ3) is 6.26. The molecule has 1 amide bonds. The SMILES string of the molecule is CCOc1ccc(N(CC(=O)Nc2ccc(Cl)c(C(F)(F)F)c2)S(C)(=O)=O)cc1. The molecule has 2 rings (SSSR count). The number of carbonyl (C=O) groups is 1. The van der Waals surface area contributed by atoms with Crippen LogP contribution < -0.4 is 14.4 Å². The predicted molar refractivity (Wildman–Crippen MR) is 105 cm³/mol. The minimum atomic E-state index is -4.70. The molecule has 0 saturated heterocycles. The van der Waals surface area contributed by atoms with E-state index < -0.39 is 39.2 Å². The van der Waals surface area contributed by atoms with Crippen LogP contribution >= 0.6 is 11.6 Å². The van der Waals surface area contributed by atoms with Gasteiger partial charge in [0.05, 0.1) is 29.1 Å². The molecule has 0 heterocycles. The molecular weight excluding hydrogens is 433 g/mol. The van der Waals surface area contributed by atoms with Crippen LogP contribution in [0.25, 0.3) is 0 Å². The van der Waals surface area contributed by atoms with Crippen molar-refractivity contribution in [2.75, 3.05) is 29.0 Å². The molecule has 0 saturated carbocycles. The number of ether oxygens (including phenoxy) is 1. The zero-order valence-corrected chi connectivity index (χ0v) is 17.0. The van der Waals surface area contributed by atoms with Gasteiger partial charge >= 0.3 is 6.18 Å². The number of alkyl halides is 3. The van der Waals surface area contributed by atoms with Crippen LogP contribution in [-0.4, -0.2) is 33.7 Å². The summed E-state index contributed by atoms with van der Waals surface area (Å²) in [5.74, 6) is -0.297. The molecule has 0 spiro atoms. The van der Waals surface area contributed by atoms with Crippen LogP contribution in [0.3, 0.4) is 0 Å². The first-order valence-electron chi connectivity index (χ1n) is 8.29. The highest BCUT2D eigenvalue weighted by molar-refractivity contribution is 7.92. The zero-order chi connectivity index (χ0) is 21.8. The number of nitrogens with zero attached hydrogens (tertiary/aromatic N) is 1. The summed E-state index contributed by atoms with van der Waals surface area (Å²) < 4.78 is 69.2. The second kappa shape index (κ2) is 8.91. The summed E-state index contributed by atoms with van der Waals surface area (Å²) in [6, 6.07) is 8.89. The summed E-state index contributed by atoms with van der Waals surface area (Å²) in [7, 11) is -3.84. The molecule has 158 valence electrons. The molecule has 2 aromatic rings. The average molecular weight is 451 g/mol. The van der Waals surface area contributed by atoms with Crippen LogP contribution in [0, 0.1) is 0 Å². The maximum atomic E-state index is 12.9. The minimum absolute atomic E-state index is 0.160. The van der Waals surface area contributed by atoms with E-state index in [1.54, 1.807) is 19.1 Å². The number of carbonyl (C=O) groups excluding carboxylic acids is 1. The summed E-state index contributed by atoms with van der Waals surface area (Å²) >= 11 is 5.55. The number of anilines is 2. The lowest BCUT2D eigenvalue weighted by molar-refractivity contribution is -0.137. The van der Waals surface area contributed by atoms with Crippen molar-refractivity contribution in [3.8, 4) is 5.75 Å². The Labute approximate surface area is 171 Å². The summed E-state index contributed by atoms with van der Waals surface area (Å²) in [6.07, 6.45) is -3.78. The molecule has 0 fully saturated rings. The smallest absolute Gasteiger partial charge is 0.417 e. The Morgan fingerprint density at radius 3 is 2.31 bits per heavy atom. The van der Waals surface area contributed by atoms with Gasteiger partial charge in [-0.15, -0.1) is 0 Å². The molecule has 6 nitrogen and oxygen atoms in total. The fraction of sp³-hybridized carbons (Fsp3) is 0.278. The summed E-state index contributed by atoms with van der Waals surface area (Å²) in [4.78, 5) is 12.3. The Morgan fingerprint density at radius 2 is 1.79 bits per heavy atom. The highest BCUT2D eigenvalue weighted by atomic mass is 35.5. The molecule has 1 N–H and O–H groups in total. The Morgan fingerprint density at radius 1 is 1.17 bits per heavy atom. The molecular formula is C18H18ClF3N2O4S. The van der Waals surface area contributed by atoms with Gasteiger partial charge in [-0.25, -0.2) is 8.42 Å². The largest absolute Gasteiger partial charge is 0.494 e. The van der Waals surface area contributed by atoms with Gasteiger partial charge in [0.2, 0.25) is 15.9 Å². The number of benzene rings is 2. The highest BCUT2D eigenvalue weighted by Gasteiger charge is 2.33. The molecule has 0 bridgehead atoms. The van der Waals surface area contributed by atoms with Crippen molar-refractivity contribution in [3.05, 3.63) is 53.1 Å². The summed E-state index contributed by atoms with van der Waals surface area (Å²) in [5, 5.41) is 1.75. The standard InChI is InChI=1S/C18H18ClF3N2O4S/c1-3-28-14-7-5-13(6-8-14)24(29(2,26)27)11-17(25)23-12-4-9-16(19)15(10-12)18(20,21)22/h4-10H,3,11H2,1-2H3,(H,23,25). The first-order valence-corrected chi connectivity index (χ1v) is 10.5. The minimum Gasteiger partial charge on any atom is -0.494 e. The Bertz CT molecular complexity index is 980. The van der Waals surface area contributed by atoms with Gasteiger partial charge in [-0.1, -0.05) is 11.6 Å². The van der Waals surface area contributed by atoms with E-state index in [2.05, 4.69) is 5.32 Å². The van der Waals surface area contributed by atoms with Crippen molar-refractivity contribution in [1.29, 1.82) is 0 Å². The maximum Gasteiger partial charge on any atom is 0.417 e. The molecule has 0 atom stereocenters. The number of nitrogens with one attached hydrogen (secondary N) is 1. The van der Waals surface area contributed by atoms with E-state index in [-0.39, 0.29) is 11.4 Å². The lowest BCUT2D eigenvalue weighted by atomic mass is 10.2. The number of hydrogen-bond acceptors (Lipinski definition) is 4. The van der Waals surface area contributed by atoms with E-state index in [4.69, 9.17) is 16.3 Å².